The van der Waals surface area contributed by atoms with Crippen molar-refractivity contribution in [3.63, 3.8) is 0 Å². The number of hydrogen-bond acceptors (Lipinski definition) is 1. The van der Waals surface area contributed by atoms with Crippen molar-refractivity contribution in [3.8, 4) is 0 Å². The van der Waals surface area contributed by atoms with Gasteiger partial charge in [-0.3, -0.25) is 4.79 Å². The van der Waals surface area contributed by atoms with Gasteiger partial charge in [-0.1, -0.05) is 65.7 Å². The molecular formula is C16H32O. The lowest BCUT2D eigenvalue weighted by Crippen LogP contribution is -1.99. The van der Waals surface area contributed by atoms with Crippen LogP contribution in [0.5, 0.6) is 0 Å². The van der Waals surface area contributed by atoms with Crippen molar-refractivity contribution in [1.29, 1.82) is 0 Å². The molecule has 0 unspecified atom stereocenters. The molecular weight excluding hydrogens is 208 g/mol. The molecule has 0 bridgehead atoms. The molecule has 0 amide bonds. The lowest BCUT2D eigenvalue weighted by molar-refractivity contribution is -0.119. The zero-order valence-electron chi connectivity index (χ0n) is 12.3. The summed E-state index contributed by atoms with van der Waals surface area (Å²) in [5, 5.41) is 0. The van der Waals surface area contributed by atoms with Crippen LogP contribution in [0, 0.1) is 5.92 Å². The van der Waals surface area contributed by atoms with Gasteiger partial charge in [-0.15, -0.1) is 0 Å². The third-order valence-electron chi connectivity index (χ3n) is 3.30. The van der Waals surface area contributed by atoms with Crippen LogP contribution < -0.4 is 0 Å². The van der Waals surface area contributed by atoms with Crippen LogP contribution in [0.3, 0.4) is 0 Å². The molecule has 0 aromatic rings. The summed E-state index contributed by atoms with van der Waals surface area (Å²) >= 11 is 0. The minimum absolute atomic E-state index is 0.485. The molecule has 1 nitrogen and oxygen atoms in total. The van der Waals surface area contributed by atoms with Crippen molar-refractivity contribution in [2.75, 3.05) is 0 Å². The fraction of sp³-hybridized carbons (Fsp3) is 0.938. The highest BCUT2D eigenvalue weighted by Gasteiger charge is 2.02. The summed E-state index contributed by atoms with van der Waals surface area (Å²) in [5.74, 6) is 1.22. The summed E-state index contributed by atoms with van der Waals surface area (Å²) in [6.45, 7) is 6.69. The van der Waals surface area contributed by atoms with E-state index in [4.69, 9.17) is 0 Å². The molecule has 0 aromatic carbocycles. The van der Waals surface area contributed by atoms with E-state index in [-0.39, 0.29) is 0 Å². The van der Waals surface area contributed by atoms with Gasteiger partial charge in [-0.25, -0.2) is 0 Å². The first-order chi connectivity index (χ1) is 8.16. The number of unbranched alkanes of at least 4 members (excludes halogenated alkanes) is 6. The molecule has 0 aliphatic heterocycles. The molecule has 0 aliphatic rings. The first kappa shape index (κ1) is 16.7. The minimum Gasteiger partial charge on any atom is -0.300 e. The molecule has 0 aliphatic carbocycles. The van der Waals surface area contributed by atoms with Crippen molar-refractivity contribution < 1.29 is 4.79 Å². The summed E-state index contributed by atoms with van der Waals surface area (Å²) in [7, 11) is 0. The molecule has 0 heterocycles. The van der Waals surface area contributed by atoms with Gasteiger partial charge in [-0.05, 0) is 18.8 Å². The molecule has 0 saturated carbocycles. The summed E-state index contributed by atoms with van der Waals surface area (Å²) in [6.07, 6.45) is 13.0. The predicted molar refractivity (Wildman–Crippen MR) is 76.3 cm³/mol. The van der Waals surface area contributed by atoms with Crippen LogP contribution in [0.1, 0.15) is 91.4 Å². The van der Waals surface area contributed by atoms with Gasteiger partial charge in [0, 0.05) is 12.8 Å². The molecule has 0 saturated heterocycles. The molecule has 0 spiro atoms. The van der Waals surface area contributed by atoms with E-state index in [9.17, 15) is 4.79 Å². The van der Waals surface area contributed by atoms with Gasteiger partial charge in [0.05, 0.1) is 0 Å². The Balaban J connectivity index is 3.16. The quantitative estimate of drug-likeness (QED) is 0.410. The Morgan fingerprint density at radius 3 is 1.94 bits per heavy atom. The third kappa shape index (κ3) is 13.6. The molecule has 0 radical (unpaired) electrons. The van der Waals surface area contributed by atoms with Crippen LogP contribution in [0.2, 0.25) is 0 Å². The van der Waals surface area contributed by atoms with Crippen LogP contribution in [0.15, 0.2) is 0 Å². The highest BCUT2D eigenvalue weighted by atomic mass is 16.1. The van der Waals surface area contributed by atoms with Crippen LogP contribution in [-0.4, -0.2) is 5.78 Å². The van der Waals surface area contributed by atoms with Crippen molar-refractivity contribution in [3.05, 3.63) is 0 Å². The Hall–Kier alpha value is -0.330. The summed E-state index contributed by atoms with van der Waals surface area (Å²) in [6, 6.07) is 0. The molecule has 0 atom stereocenters. The Morgan fingerprint density at radius 2 is 1.35 bits per heavy atom. The molecule has 1 heteroatoms. The monoisotopic (exact) mass is 240 g/mol. The lowest BCUT2D eigenvalue weighted by atomic mass is 10.0. The molecule has 102 valence electrons. The van der Waals surface area contributed by atoms with E-state index in [1.54, 1.807) is 0 Å². The maximum absolute atomic E-state index is 11.6. The maximum atomic E-state index is 11.6. The van der Waals surface area contributed by atoms with Gasteiger partial charge in [0.2, 0.25) is 0 Å². The highest BCUT2D eigenvalue weighted by molar-refractivity contribution is 5.78. The van der Waals surface area contributed by atoms with E-state index >= 15 is 0 Å². The average Bonchev–Trinajstić information content (AvgIpc) is 2.27. The topological polar surface area (TPSA) is 17.1 Å². The van der Waals surface area contributed by atoms with Crippen LogP contribution in [-0.2, 0) is 4.79 Å². The van der Waals surface area contributed by atoms with Crippen molar-refractivity contribution in [2.24, 2.45) is 5.92 Å². The number of ketones is 1. The van der Waals surface area contributed by atoms with Crippen LogP contribution in [0.25, 0.3) is 0 Å². The standard InChI is InChI=1S/C16H32O/c1-4-5-6-7-8-9-10-13-16(17)14-11-12-15(2)3/h15H,4-14H2,1-3H3. The summed E-state index contributed by atoms with van der Waals surface area (Å²) in [4.78, 5) is 11.6. The van der Waals surface area contributed by atoms with E-state index < -0.39 is 0 Å². The van der Waals surface area contributed by atoms with Crippen LogP contribution >= 0.6 is 0 Å². The summed E-state index contributed by atoms with van der Waals surface area (Å²) in [5.41, 5.74) is 0. The molecule has 0 rings (SSSR count). The lowest BCUT2D eigenvalue weighted by Gasteiger charge is -2.04. The number of rotatable bonds is 12. The Morgan fingerprint density at radius 1 is 0.824 bits per heavy atom. The molecule has 0 fully saturated rings. The molecule has 0 aromatic heterocycles. The van der Waals surface area contributed by atoms with Crippen molar-refractivity contribution in [1.82, 2.24) is 0 Å². The van der Waals surface area contributed by atoms with E-state index in [1.165, 1.54) is 44.9 Å². The van der Waals surface area contributed by atoms with E-state index in [2.05, 4.69) is 20.8 Å². The largest absolute Gasteiger partial charge is 0.300 e. The van der Waals surface area contributed by atoms with Gasteiger partial charge in [0.25, 0.3) is 0 Å². The Bertz CT molecular complexity index is 172. The zero-order chi connectivity index (χ0) is 12.9. The fourth-order valence-corrected chi connectivity index (χ4v) is 2.11. The Kier molecular flexibility index (Phi) is 11.9. The van der Waals surface area contributed by atoms with Gasteiger partial charge in [0.15, 0.2) is 0 Å². The van der Waals surface area contributed by atoms with Gasteiger partial charge in [0.1, 0.15) is 5.78 Å². The van der Waals surface area contributed by atoms with Gasteiger partial charge in [-0.2, -0.15) is 0 Å². The second kappa shape index (κ2) is 12.1. The number of hydrogen-bond donors (Lipinski definition) is 0. The Labute approximate surface area is 108 Å². The summed E-state index contributed by atoms with van der Waals surface area (Å²) < 4.78 is 0. The van der Waals surface area contributed by atoms with Gasteiger partial charge < -0.3 is 0 Å². The van der Waals surface area contributed by atoms with Crippen molar-refractivity contribution >= 4 is 5.78 Å². The van der Waals surface area contributed by atoms with E-state index in [0.717, 1.165) is 31.6 Å². The minimum atomic E-state index is 0.485. The maximum Gasteiger partial charge on any atom is 0.132 e. The SMILES string of the molecule is CCCCCCCCCC(=O)CCCC(C)C. The predicted octanol–water partition coefficient (Wildman–Crippen LogP) is 5.52. The second-order valence-corrected chi connectivity index (χ2v) is 5.70. The van der Waals surface area contributed by atoms with Crippen molar-refractivity contribution in [2.45, 2.75) is 91.4 Å². The van der Waals surface area contributed by atoms with Gasteiger partial charge >= 0.3 is 0 Å². The number of carbonyl (C=O) groups excluding carboxylic acids is 1. The number of Topliss-reactive ketones (excluding diaryl/α,β-unsaturated/α-hetero) is 1. The smallest absolute Gasteiger partial charge is 0.132 e. The average molecular weight is 240 g/mol. The number of carbonyl (C=O) groups is 1. The molecule has 0 N–H and O–H groups in total. The molecule has 17 heavy (non-hydrogen) atoms. The van der Waals surface area contributed by atoms with Crippen LogP contribution in [0.4, 0.5) is 0 Å². The third-order valence-corrected chi connectivity index (χ3v) is 3.30. The highest BCUT2D eigenvalue weighted by Crippen LogP contribution is 2.11. The fourth-order valence-electron chi connectivity index (χ4n) is 2.11. The first-order valence-electron chi connectivity index (χ1n) is 7.68. The van der Waals surface area contributed by atoms with E-state index in [1.807, 2.05) is 0 Å². The second-order valence-electron chi connectivity index (χ2n) is 5.70. The zero-order valence-corrected chi connectivity index (χ0v) is 12.3. The first-order valence-corrected chi connectivity index (χ1v) is 7.68. The normalized spacial score (nSPS) is 11.1. The van der Waals surface area contributed by atoms with E-state index in [0.29, 0.717) is 5.78 Å².